The zero-order valence-corrected chi connectivity index (χ0v) is 13.5. The van der Waals surface area contributed by atoms with Crippen molar-refractivity contribution in [3.05, 3.63) is 33.8 Å². The second-order valence-corrected chi connectivity index (χ2v) is 5.63. The molecule has 8 heteroatoms. The summed E-state index contributed by atoms with van der Waals surface area (Å²) in [5.74, 6) is -0.0969. The summed E-state index contributed by atoms with van der Waals surface area (Å²) < 4.78 is 4.17. The van der Waals surface area contributed by atoms with E-state index >= 15 is 0 Å². The SMILES string of the molecule is CCC(C(=O)NCc1c(Br)cnn1C)n1cc(Cl)cn1. The number of nitrogens with zero attached hydrogens (tertiary/aromatic N) is 4. The van der Waals surface area contributed by atoms with Crippen LogP contribution >= 0.6 is 27.5 Å². The molecule has 6 nitrogen and oxygen atoms in total. The molecule has 1 atom stereocenters. The summed E-state index contributed by atoms with van der Waals surface area (Å²) in [5, 5.41) is 11.6. The number of hydrogen-bond donors (Lipinski definition) is 1. The van der Waals surface area contributed by atoms with Crippen LogP contribution in [0.3, 0.4) is 0 Å². The zero-order valence-electron chi connectivity index (χ0n) is 11.2. The molecule has 1 unspecified atom stereocenters. The van der Waals surface area contributed by atoms with E-state index in [4.69, 9.17) is 11.6 Å². The van der Waals surface area contributed by atoms with E-state index in [9.17, 15) is 4.79 Å². The number of amides is 1. The fraction of sp³-hybridized carbons (Fsp3) is 0.417. The molecule has 0 aliphatic rings. The second kappa shape index (κ2) is 6.41. The molecule has 0 bridgehead atoms. The molecule has 108 valence electrons. The summed E-state index contributed by atoms with van der Waals surface area (Å²) in [5.41, 5.74) is 0.909. The van der Waals surface area contributed by atoms with Gasteiger partial charge in [-0.15, -0.1) is 0 Å². The van der Waals surface area contributed by atoms with Crippen LogP contribution in [0.5, 0.6) is 0 Å². The molecule has 20 heavy (non-hydrogen) atoms. The average Bonchev–Trinajstić information content (AvgIpc) is 2.96. The Balaban J connectivity index is 2.03. The van der Waals surface area contributed by atoms with Gasteiger partial charge in [-0.05, 0) is 22.4 Å². The summed E-state index contributed by atoms with van der Waals surface area (Å²) in [6, 6.07) is -0.366. The van der Waals surface area contributed by atoms with Crippen molar-refractivity contribution >= 4 is 33.4 Å². The van der Waals surface area contributed by atoms with Gasteiger partial charge in [-0.2, -0.15) is 10.2 Å². The van der Waals surface area contributed by atoms with Crippen molar-refractivity contribution in [1.82, 2.24) is 24.9 Å². The predicted octanol–water partition coefficient (Wildman–Crippen LogP) is 2.30. The highest BCUT2D eigenvalue weighted by molar-refractivity contribution is 9.10. The third kappa shape index (κ3) is 3.21. The van der Waals surface area contributed by atoms with Gasteiger partial charge in [0.15, 0.2) is 0 Å². The number of aryl methyl sites for hydroxylation is 1. The van der Waals surface area contributed by atoms with Gasteiger partial charge in [-0.25, -0.2) is 0 Å². The zero-order chi connectivity index (χ0) is 14.7. The van der Waals surface area contributed by atoms with Gasteiger partial charge in [0, 0.05) is 13.2 Å². The van der Waals surface area contributed by atoms with Crippen LogP contribution in [0, 0.1) is 0 Å². The molecule has 0 aromatic carbocycles. The van der Waals surface area contributed by atoms with E-state index in [0.29, 0.717) is 18.0 Å². The molecule has 2 aromatic heterocycles. The maximum Gasteiger partial charge on any atom is 0.245 e. The highest BCUT2D eigenvalue weighted by Crippen LogP contribution is 2.17. The van der Waals surface area contributed by atoms with Crippen LogP contribution in [0.4, 0.5) is 0 Å². The first-order valence-electron chi connectivity index (χ1n) is 6.16. The minimum Gasteiger partial charge on any atom is -0.349 e. The molecule has 2 aromatic rings. The Kier molecular flexibility index (Phi) is 4.82. The largest absolute Gasteiger partial charge is 0.349 e. The van der Waals surface area contributed by atoms with Crippen LogP contribution in [0.2, 0.25) is 5.02 Å². The summed E-state index contributed by atoms with van der Waals surface area (Å²) in [7, 11) is 1.83. The van der Waals surface area contributed by atoms with Crippen LogP contribution in [0.1, 0.15) is 25.1 Å². The highest BCUT2D eigenvalue weighted by atomic mass is 79.9. The Hall–Kier alpha value is -1.34. The second-order valence-electron chi connectivity index (χ2n) is 4.34. The molecular formula is C12H15BrClN5O. The molecule has 0 aliphatic heterocycles. The molecular weight excluding hydrogens is 346 g/mol. The molecule has 2 heterocycles. The van der Waals surface area contributed by atoms with Gasteiger partial charge >= 0.3 is 0 Å². The van der Waals surface area contributed by atoms with E-state index in [2.05, 4.69) is 31.4 Å². The minimum absolute atomic E-state index is 0.0969. The summed E-state index contributed by atoms with van der Waals surface area (Å²) >= 11 is 9.23. The third-order valence-corrected chi connectivity index (χ3v) is 3.88. The first-order valence-corrected chi connectivity index (χ1v) is 7.33. The summed E-state index contributed by atoms with van der Waals surface area (Å²) in [4.78, 5) is 12.2. The van der Waals surface area contributed by atoms with Crippen molar-refractivity contribution in [3.63, 3.8) is 0 Å². The number of rotatable bonds is 5. The average molecular weight is 361 g/mol. The van der Waals surface area contributed by atoms with Crippen molar-refractivity contribution in [2.75, 3.05) is 0 Å². The Morgan fingerprint density at radius 1 is 1.50 bits per heavy atom. The molecule has 0 saturated heterocycles. The lowest BCUT2D eigenvalue weighted by molar-refractivity contribution is -0.124. The van der Waals surface area contributed by atoms with E-state index in [0.717, 1.165) is 10.2 Å². The number of hydrogen-bond acceptors (Lipinski definition) is 3. The lowest BCUT2D eigenvalue weighted by Gasteiger charge is -2.15. The van der Waals surface area contributed by atoms with Gasteiger partial charge in [-0.3, -0.25) is 14.2 Å². The Morgan fingerprint density at radius 2 is 2.25 bits per heavy atom. The van der Waals surface area contributed by atoms with Gasteiger partial charge in [0.2, 0.25) is 5.91 Å². The molecule has 1 amide bonds. The monoisotopic (exact) mass is 359 g/mol. The van der Waals surface area contributed by atoms with E-state index in [1.165, 1.54) is 6.20 Å². The van der Waals surface area contributed by atoms with Crippen molar-refractivity contribution in [2.45, 2.75) is 25.9 Å². The molecule has 2 rings (SSSR count). The van der Waals surface area contributed by atoms with Gasteiger partial charge in [0.1, 0.15) is 6.04 Å². The fourth-order valence-corrected chi connectivity index (χ4v) is 2.53. The molecule has 0 fully saturated rings. The fourth-order valence-electron chi connectivity index (χ4n) is 1.90. The minimum atomic E-state index is -0.366. The normalized spacial score (nSPS) is 12.4. The number of carbonyl (C=O) groups excluding carboxylic acids is 1. The number of nitrogens with one attached hydrogen (secondary N) is 1. The number of aromatic nitrogens is 4. The van der Waals surface area contributed by atoms with E-state index in [1.54, 1.807) is 21.8 Å². The first-order chi connectivity index (χ1) is 9.52. The van der Waals surface area contributed by atoms with Gasteiger partial charge in [0.05, 0.1) is 34.1 Å². The summed E-state index contributed by atoms with van der Waals surface area (Å²) in [6.45, 7) is 2.33. The van der Waals surface area contributed by atoms with Crippen LogP contribution < -0.4 is 5.32 Å². The Bertz CT molecular complexity index is 589. The maximum atomic E-state index is 12.2. The Labute approximate surface area is 130 Å². The quantitative estimate of drug-likeness (QED) is 0.890. The third-order valence-electron chi connectivity index (χ3n) is 3.02. The molecule has 0 saturated carbocycles. The maximum absolute atomic E-state index is 12.2. The highest BCUT2D eigenvalue weighted by Gasteiger charge is 2.19. The lowest BCUT2D eigenvalue weighted by atomic mass is 10.2. The van der Waals surface area contributed by atoms with Crippen LogP contribution in [-0.4, -0.2) is 25.5 Å². The van der Waals surface area contributed by atoms with E-state index < -0.39 is 0 Å². The van der Waals surface area contributed by atoms with Crippen LogP contribution in [0.15, 0.2) is 23.1 Å². The number of halogens is 2. The standard InChI is InChI=1S/C12H15BrClN5O/c1-3-10(19-7-8(14)4-17-19)12(20)15-6-11-9(13)5-16-18(11)2/h4-5,7,10H,3,6H2,1-2H3,(H,15,20). The van der Waals surface area contributed by atoms with E-state index in [-0.39, 0.29) is 11.9 Å². The van der Waals surface area contributed by atoms with Crippen LogP contribution in [0.25, 0.3) is 0 Å². The van der Waals surface area contributed by atoms with Crippen molar-refractivity contribution in [3.8, 4) is 0 Å². The predicted molar refractivity (Wildman–Crippen MR) is 79.3 cm³/mol. The summed E-state index contributed by atoms with van der Waals surface area (Å²) in [6.07, 6.45) is 5.51. The lowest BCUT2D eigenvalue weighted by Crippen LogP contribution is -2.32. The van der Waals surface area contributed by atoms with Gasteiger partial charge in [0.25, 0.3) is 0 Å². The first kappa shape index (κ1) is 15.1. The smallest absolute Gasteiger partial charge is 0.245 e. The topological polar surface area (TPSA) is 64.7 Å². The van der Waals surface area contributed by atoms with Crippen molar-refractivity contribution in [2.24, 2.45) is 7.05 Å². The molecule has 0 aliphatic carbocycles. The van der Waals surface area contributed by atoms with Crippen molar-refractivity contribution < 1.29 is 4.79 Å². The Morgan fingerprint density at radius 3 is 2.75 bits per heavy atom. The van der Waals surface area contributed by atoms with E-state index in [1.807, 2.05) is 14.0 Å². The van der Waals surface area contributed by atoms with Gasteiger partial charge < -0.3 is 5.32 Å². The molecule has 0 radical (unpaired) electrons. The van der Waals surface area contributed by atoms with Crippen molar-refractivity contribution in [1.29, 1.82) is 0 Å². The van der Waals surface area contributed by atoms with Gasteiger partial charge in [-0.1, -0.05) is 18.5 Å². The van der Waals surface area contributed by atoms with Crippen LogP contribution in [-0.2, 0) is 18.4 Å². The number of carbonyl (C=O) groups is 1. The molecule has 0 spiro atoms. The molecule has 1 N–H and O–H groups in total.